The molecule has 2 aromatic rings. The lowest BCUT2D eigenvalue weighted by atomic mass is 10.1. The second-order valence-corrected chi connectivity index (χ2v) is 4.50. The second kappa shape index (κ2) is 7.36. The van der Waals surface area contributed by atoms with E-state index in [-0.39, 0.29) is 19.0 Å². The van der Waals surface area contributed by atoms with Crippen LogP contribution in [0.5, 0.6) is 0 Å². The number of rotatable bonds is 5. The van der Waals surface area contributed by atoms with E-state index in [4.69, 9.17) is 9.47 Å². The maximum atomic E-state index is 13.0. The van der Waals surface area contributed by atoms with Gasteiger partial charge in [-0.3, -0.25) is 0 Å². The van der Waals surface area contributed by atoms with E-state index in [0.717, 1.165) is 0 Å². The van der Waals surface area contributed by atoms with Gasteiger partial charge in [-0.25, -0.2) is 14.0 Å². The molecule has 0 spiro atoms. The van der Waals surface area contributed by atoms with Gasteiger partial charge in [0.2, 0.25) is 0 Å². The molecule has 0 radical (unpaired) electrons. The van der Waals surface area contributed by atoms with Crippen LogP contribution in [0.2, 0.25) is 0 Å². The Morgan fingerprint density at radius 1 is 0.955 bits per heavy atom. The summed E-state index contributed by atoms with van der Waals surface area (Å²) in [6.07, 6.45) is 0. The van der Waals surface area contributed by atoms with Gasteiger partial charge in [-0.1, -0.05) is 12.1 Å². The smallest absolute Gasteiger partial charge is 0.338 e. The van der Waals surface area contributed by atoms with Gasteiger partial charge in [0.05, 0.1) is 17.7 Å². The number of ether oxygens (including phenoxy) is 2. The Bertz CT molecular complexity index is 665. The minimum absolute atomic E-state index is 0.0176. The molecule has 0 aliphatic heterocycles. The zero-order chi connectivity index (χ0) is 15.9. The number of hydrogen-bond acceptors (Lipinski definition) is 4. The lowest BCUT2D eigenvalue weighted by molar-refractivity contribution is 0.0468. The van der Waals surface area contributed by atoms with Crippen LogP contribution in [0, 0.1) is 5.82 Å². The predicted molar refractivity (Wildman–Crippen MR) is 77.9 cm³/mol. The van der Waals surface area contributed by atoms with Crippen LogP contribution in [0.25, 0.3) is 0 Å². The zero-order valence-corrected chi connectivity index (χ0v) is 12.0. The topological polar surface area (TPSA) is 52.6 Å². The van der Waals surface area contributed by atoms with Crippen LogP contribution in [-0.2, 0) is 16.1 Å². The molecule has 2 aromatic carbocycles. The SMILES string of the molecule is CCOC(=O)c1ccc(C(=O)OCc2cccc(F)c2)cc1. The van der Waals surface area contributed by atoms with E-state index in [2.05, 4.69) is 0 Å². The summed E-state index contributed by atoms with van der Waals surface area (Å²) in [7, 11) is 0. The number of benzene rings is 2. The Morgan fingerprint density at radius 2 is 1.55 bits per heavy atom. The van der Waals surface area contributed by atoms with Crippen molar-refractivity contribution in [1.29, 1.82) is 0 Å². The summed E-state index contributed by atoms with van der Waals surface area (Å²) in [6, 6.07) is 11.8. The van der Waals surface area contributed by atoms with Crippen molar-refractivity contribution in [1.82, 2.24) is 0 Å². The minimum atomic E-state index is -0.542. The highest BCUT2D eigenvalue weighted by atomic mass is 19.1. The van der Waals surface area contributed by atoms with E-state index in [1.807, 2.05) is 0 Å². The monoisotopic (exact) mass is 302 g/mol. The van der Waals surface area contributed by atoms with Crippen molar-refractivity contribution in [2.75, 3.05) is 6.61 Å². The van der Waals surface area contributed by atoms with Crippen LogP contribution in [0.1, 0.15) is 33.2 Å². The molecule has 0 fully saturated rings. The summed E-state index contributed by atoms with van der Waals surface area (Å²) >= 11 is 0. The highest BCUT2D eigenvalue weighted by Gasteiger charge is 2.10. The molecule has 0 unspecified atom stereocenters. The molecule has 0 aromatic heterocycles. The molecule has 0 amide bonds. The third-order valence-corrected chi connectivity index (χ3v) is 2.89. The Morgan fingerprint density at radius 3 is 2.09 bits per heavy atom. The van der Waals surface area contributed by atoms with Gasteiger partial charge < -0.3 is 9.47 Å². The molecule has 114 valence electrons. The molecule has 0 saturated carbocycles. The quantitative estimate of drug-likeness (QED) is 0.795. The zero-order valence-electron chi connectivity index (χ0n) is 12.0. The first-order chi connectivity index (χ1) is 10.6. The van der Waals surface area contributed by atoms with Gasteiger partial charge in [0.1, 0.15) is 12.4 Å². The summed E-state index contributed by atoms with van der Waals surface area (Å²) in [4.78, 5) is 23.4. The molecule has 0 saturated heterocycles. The molecule has 0 bridgehead atoms. The summed E-state index contributed by atoms with van der Waals surface area (Å²) in [6.45, 7) is 1.99. The van der Waals surface area contributed by atoms with E-state index >= 15 is 0 Å². The molecular formula is C17H15FO4. The lowest BCUT2D eigenvalue weighted by Gasteiger charge is -2.06. The van der Waals surface area contributed by atoms with Crippen molar-refractivity contribution in [3.63, 3.8) is 0 Å². The molecular weight excluding hydrogens is 287 g/mol. The molecule has 22 heavy (non-hydrogen) atoms. The van der Waals surface area contributed by atoms with Crippen molar-refractivity contribution in [3.8, 4) is 0 Å². The van der Waals surface area contributed by atoms with Crippen molar-refractivity contribution in [3.05, 3.63) is 71.0 Å². The Balaban J connectivity index is 1.96. The number of carbonyl (C=O) groups excluding carboxylic acids is 2. The van der Waals surface area contributed by atoms with E-state index in [1.54, 1.807) is 19.1 Å². The summed E-state index contributed by atoms with van der Waals surface area (Å²) in [5.74, 6) is -1.37. The normalized spacial score (nSPS) is 10.1. The summed E-state index contributed by atoms with van der Waals surface area (Å²) in [5, 5.41) is 0. The predicted octanol–water partition coefficient (Wildman–Crippen LogP) is 3.36. The largest absolute Gasteiger partial charge is 0.462 e. The van der Waals surface area contributed by atoms with E-state index < -0.39 is 11.9 Å². The maximum absolute atomic E-state index is 13.0. The average Bonchev–Trinajstić information content (AvgIpc) is 2.53. The molecule has 5 heteroatoms. The van der Waals surface area contributed by atoms with Crippen LogP contribution in [0.4, 0.5) is 4.39 Å². The first-order valence-corrected chi connectivity index (χ1v) is 6.79. The van der Waals surface area contributed by atoms with Crippen LogP contribution < -0.4 is 0 Å². The van der Waals surface area contributed by atoms with Gasteiger partial charge in [0.25, 0.3) is 0 Å². The first kappa shape index (κ1) is 15.7. The Hall–Kier alpha value is -2.69. The minimum Gasteiger partial charge on any atom is -0.462 e. The van der Waals surface area contributed by atoms with E-state index in [1.165, 1.54) is 36.4 Å². The van der Waals surface area contributed by atoms with Crippen molar-refractivity contribution in [2.45, 2.75) is 13.5 Å². The maximum Gasteiger partial charge on any atom is 0.338 e. The van der Waals surface area contributed by atoms with Crippen molar-refractivity contribution in [2.24, 2.45) is 0 Å². The van der Waals surface area contributed by atoms with Crippen molar-refractivity contribution >= 4 is 11.9 Å². The molecule has 0 atom stereocenters. The number of esters is 2. The fourth-order valence-electron chi connectivity index (χ4n) is 1.82. The van der Waals surface area contributed by atoms with Crippen LogP contribution in [0.15, 0.2) is 48.5 Å². The van der Waals surface area contributed by atoms with Crippen LogP contribution in [-0.4, -0.2) is 18.5 Å². The standard InChI is InChI=1S/C17H15FO4/c1-2-21-16(19)13-6-8-14(9-7-13)17(20)22-11-12-4-3-5-15(18)10-12/h3-10H,2,11H2,1H3. The van der Waals surface area contributed by atoms with E-state index in [9.17, 15) is 14.0 Å². The number of hydrogen-bond donors (Lipinski definition) is 0. The van der Waals surface area contributed by atoms with Gasteiger partial charge in [-0.05, 0) is 48.9 Å². The first-order valence-electron chi connectivity index (χ1n) is 6.79. The highest BCUT2D eigenvalue weighted by Crippen LogP contribution is 2.10. The average molecular weight is 302 g/mol. The summed E-state index contributed by atoms with van der Waals surface area (Å²) < 4.78 is 23.0. The molecule has 0 N–H and O–H groups in total. The van der Waals surface area contributed by atoms with E-state index in [0.29, 0.717) is 16.7 Å². The van der Waals surface area contributed by atoms with Gasteiger partial charge in [-0.15, -0.1) is 0 Å². The van der Waals surface area contributed by atoms with Crippen LogP contribution >= 0.6 is 0 Å². The number of halogens is 1. The molecule has 2 rings (SSSR count). The van der Waals surface area contributed by atoms with Gasteiger partial charge in [-0.2, -0.15) is 0 Å². The Kier molecular flexibility index (Phi) is 5.25. The fourth-order valence-corrected chi connectivity index (χ4v) is 1.82. The van der Waals surface area contributed by atoms with Gasteiger partial charge in [0.15, 0.2) is 0 Å². The number of carbonyl (C=O) groups is 2. The second-order valence-electron chi connectivity index (χ2n) is 4.50. The third kappa shape index (κ3) is 4.15. The molecule has 0 aliphatic carbocycles. The highest BCUT2D eigenvalue weighted by molar-refractivity contribution is 5.93. The van der Waals surface area contributed by atoms with Gasteiger partial charge in [0, 0.05) is 0 Å². The Labute approximate surface area is 127 Å². The summed E-state index contributed by atoms with van der Waals surface area (Å²) in [5.41, 5.74) is 1.24. The third-order valence-electron chi connectivity index (χ3n) is 2.89. The van der Waals surface area contributed by atoms with Crippen molar-refractivity contribution < 1.29 is 23.5 Å². The lowest BCUT2D eigenvalue weighted by Crippen LogP contribution is -2.07. The molecule has 4 nitrogen and oxygen atoms in total. The fraction of sp³-hybridized carbons (Fsp3) is 0.176. The molecule has 0 heterocycles. The van der Waals surface area contributed by atoms with Gasteiger partial charge >= 0.3 is 11.9 Å². The molecule has 0 aliphatic rings. The van der Waals surface area contributed by atoms with Crippen LogP contribution in [0.3, 0.4) is 0 Å².